The first-order chi connectivity index (χ1) is 9.65. The van der Waals surface area contributed by atoms with E-state index in [9.17, 15) is 4.39 Å². The Bertz CT molecular complexity index is 537. The molecule has 1 heterocycles. The molecule has 0 saturated heterocycles. The molecule has 0 fully saturated rings. The number of halogens is 1. The zero-order chi connectivity index (χ0) is 14.4. The first kappa shape index (κ1) is 14.6. The fourth-order valence-electron chi connectivity index (χ4n) is 1.81. The first-order valence-corrected chi connectivity index (χ1v) is 6.79. The lowest BCUT2D eigenvalue weighted by molar-refractivity contribution is 0.258. The Hall–Kier alpha value is -1.81. The monoisotopic (exact) mass is 277 g/mol. The van der Waals surface area contributed by atoms with Gasteiger partial charge in [0.2, 0.25) is 0 Å². The van der Waals surface area contributed by atoms with Crippen LogP contribution in [-0.2, 0) is 13.2 Å². The van der Waals surface area contributed by atoms with Crippen molar-refractivity contribution < 1.29 is 13.5 Å². The van der Waals surface area contributed by atoms with Crippen LogP contribution in [-0.4, -0.2) is 6.54 Å². The molecule has 0 aliphatic carbocycles. The number of para-hydroxylation sites is 1. The van der Waals surface area contributed by atoms with Gasteiger partial charge < -0.3 is 14.5 Å². The average Bonchev–Trinajstić information content (AvgIpc) is 2.85. The molecule has 2 aromatic rings. The van der Waals surface area contributed by atoms with Crippen molar-refractivity contribution in [3.05, 3.63) is 53.7 Å². The molecule has 0 atom stereocenters. The highest BCUT2D eigenvalue weighted by molar-refractivity contribution is 5.24. The van der Waals surface area contributed by atoms with Crippen molar-refractivity contribution in [3.8, 4) is 5.75 Å². The zero-order valence-corrected chi connectivity index (χ0v) is 11.9. The van der Waals surface area contributed by atoms with Gasteiger partial charge in [0, 0.05) is 12.1 Å². The van der Waals surface area contributed by atoms with Gasteiger partial charge >= 0.3 is 0 Å². The summed E-state index contributed by atoms with van der Waals surface area (Å²) in [5.74, 6) is 1.18. The smallest absolute Gasteiger partial charge is 0.165 e. The molecular formula is C16H20FNO2. The van der Waals surface area contributed by atoms with Gasteiger partial charge in [-0.2, -0.15) is 0 Å². The maximum absolute atomic E-state index is 13.4. The van der Waals surface area contributed by atoms with E-state index >= 15 is 0 Å². The topological polar surface area (TPSA) is 34.4 Å². The van der Waals surface area contributed by atoms with Gasteiger partial charge in [-0.25, -0.2) is 4.39 Å². The Kier molecular flexibility index (Phi) is 5.18. The van der Waals surface area contributed by atoms with Crippen molar-refractivity contribution in [1.29, 1.82) is 0 Å². The maximum Gasteiger partial charge on any atom is 0.165 e. The molecule has 0 unspecified atom stereocenters. The molecule has 1 aromatic carbocycles. The Morgan fingerprint density at radius 1 is 1.30 bits per heavy atom. The van der Waals surface area contributed by atoms with Gasteiger partial charge in [-0.15, -0.1) is 0 Å². The predicted molar refractivity (Wildman–Crippen MR) is 76.0 cm³/mol. The van der Waals surface area contributed by atoms with Crippen molar-refractivity contribution in [2.24, 2.45) is 5.92 Å². The van der Waals surface area contributed by atoms with E-state index in [1.807, 2.05) is 6.07 Å². The van der Waals surface area contributed by atoms with E-state index in [2.05, 4.69) is 19.2 Å². The SMILES string of the molecule is CC(C)CNCc1coc(COc2ccccc2F)c1. The summed E-state index contributed by atoms with van der Waals surface area (Å²) in [6.07, 6.45) is 1.70. The summed E-state index contributed by atoms with van der Waals surface area (Å²) in [6.45, 7) is 6.28. The van der Waals surface area contributed by atoms with E-state index in [0.29, 0.717) is 11.7 Å². The van der Waals surface area contributed by atoms with Crippen molar-refractivity contribution in [2.75, 3.05) is 6.54 Å². The van der Waals surface area contributed by atoms with E-state index in [-0.39, 0.29) is 18.2 Å². The standard InChI is InChI=1S/C16H20FNO2/c1-12(2)8-18-9-13-7-14(19-10-13)11-20-16-6-4-3-5-15(16)17/h3-7,10,12,18H,8-9,11H2,1-2H3. The molecule has 20 heavy (non-hydrogen) atoms. The van der Waals surface area contributed by atoms with Crippen molar-refractivity contribution in [3.63, 3.8) is 0 Å². The summed E-state index contributed by atoms with van der Waals surface area (Å²) < 4.78 is 24.2. The van der Waals surface area contributed by atoms with Gasteiger partial charge in [0.05, 0.1) is 6.26 Å². The van der Waals surface area contributed by atoms with E-state index in [4.69, 9.17) is 9.15 Å². The van der Waals surface area contributed by atoms with E-state index in [1.165, 1.54) is 6.07 Å². The van der Waals surface area contributed by atoms with Gasteiger partial charge in [0.15, 0.2) is 11.6 Å². The number of nitrogens with one attached hydrogen (secondary N) is 1. The van der Waals surface area contributed by atoms with Gasteiger partial charge in [-0.3, -0.25) is 0 Å². The molecule has 0 spiro atoms. The first-order valence-electron chi connectivity index (χ1n) is 6.79. The number of rotatable bonds is 7. The molecule has 0 aliphatic heterocycles. The molecule has 0 bridgehead atoms. The van der Waals surface area contributed by atoms with Crippen LogP contribution in [0.3, 0.4) is 0 Å². The molecule has 0 aliphatic rings. The molecular weight excluding hydrogens is 257 g/mol. The lowest BCUT2D eigenvalue weighted by atomic mass is 10.2. The minimum absolute atomic E-state index is 0.227. The Morgan fingerprint density at radius 3 is 2.85 bits per heavy atom. The highest BCUT2D eigenvalue weighted by Crippen LogP contribution is 2.18. The summed E-state index contributed by atoms with van der Waals surface area (Å²) in [5, 5.41) is 3.34. The highest BCUT2D eigenvalue weighted by atomic mass is 19.1. The second kappa shape index (κ2) is 7.10. The van der Waals surface area contributed by atoms with Gasteiger partial charge in [-0.05, 0) is 30.7 Å². The molecule has 4 heteroatoms. The summed E-state index contributed by atoms with van der Waals surface area (Å²) in [6, 6.07) is 8.27. The lowest BCUT2D eigenvalue weighted by Crippen LogP contribution is -2.18. The fourth-order valence-corrected chi connectivity index (χ4v) is 1.81. The van der Waals surface area contributed by atoms with Crippen LogP contribution in [0.15, 0.2) is 41.0 Å². The van der Waals surface area contributed by atoms with E-state index in [1.54, 1.807) is 24.5 Å². The van der Waals surface area contributed by atoms with Crippen LogP contribution < -0.4 is 10.1 Å². The van der Waals surface area contributed by atoms with Crippen LogP contribution in [0.25, 0.3) is 0 Å². The van der Waals surface area contributed by atoms with Crippen molar-refractivity contribution in [2.45, 2.75) is 27.0 Å². The number of hydrogen-bond donors (Lipinski definition) is 1. The van der Waals surface area contributed by atoms with Crippen molar-refractivity contribution in [1.82, 2.24) is 5.32 Å². The van der Waals surface area contributed by atoms with E-state index < -0.39 is 0 Å². The number of furan rings is 1. The summed E-state index contributed by atoms with van der Waals surface area (Å²) in [7, 11) is 0. The molecule has 2 rings (SSSR count). The third-order valence-electron chi connectivity index (χ3n) is 2.80. The molecule has 0 saturated carbocycles. The van der Waals surface area contributed by atoms with Gasteiger partial charge in [0.1, 0.15) is 12.4 Å². The quantitative estimate of drug-likeness (QED) is 0.837. The van der Waals surface area contributed by atoms with Crippen LogP contribution in [0.1, 0.15) is 25.2 Å². The molecule has 1 aromatic heterocycles. The number of benzene rings is 1. The number of hydrogen-bond acceptors (Lipinski definition) is 3. The van der Waals surface area contributed by atoms with Gasteiger partial charge in [0.25, 0.3) is 0 Å². The third kappa shape index (κ3) is 4.38. The second-order valence-corrected chi connectivity index (χ2v) is 5.17. The van der Waals surface area contributed by atoms with Crippen LogP contribution in [0.4, 0.5) is 4.39 Å². The maximum atomic E-state index is 13.4. The number of ether oxygens (including phenoxy) is 1. The zero-order valence-electron chi connectivity index (χ0n) is 11.9. The molecule has 108 valence electrons. The Morgan fingerprint density at radius 2 is 2.10 bits per heavy atom. The van der Waals surface area contributed by atoms with Gasteiger partial charge in [-0.1, -0.05) is 26.0 Å². The normalized spacial score (nSPS) is 11.0. The molecule has 0 radical (unpaired) electrons. The molecule has 1 N–H and O–H groups in total. The Balaban J connectivity index is 1.82. The third-order valence-corrected chi connectivity index (χ3v) is 2.80. The van der Waals surface area contributed by atoms with Crippen molar-refractivity contribution >= 4 is 0 Å². The minimum atomic E-state index is -0.363. The van der Waals surface area contributed by atoms with Crippen LogP contribution >= 0.6 is 0 Å². The van der Waals surface area contributed by atoms with E-state index in [0.717, 1.165) is 18.7 Å². The molecule has 0 amide bonds. The summed E-state index contributed by atoms with van der Waals surface area (Å²) in [5.41, 5.74) is 1.07. The summed E-state index contributed by atoms with van der Waals surface area (Å²) in [4.78, 5) is 0. The summed E-state index contributed by atoms with van der Waals surface area (Å²) >= 11 is 0. The largest absolute Gasteiger partial charge is 0.483 e. The highest BCUT2D eigenvalue weighted by Gasteiger charge is 2.05. The Labute approximate surface area is 118 Å². The minimum Gasteiger partial charge on any atom is -0.483 e. The molecule has 3 nitrogen and oxygen atoms in total. The van der Waals surface area contributed by atoms with Crippen LogP contribution in [0.2, 0.25) is 0 Å². The predicted octanol–water partition coefficient (Wildman–Crippen LogP) is 3.74. The van der Waals surface area contributed by atoms with Crippen LogP contribution in [0.5, 0.6) is 5.75 Å². The van der Waals surface area contributed by atoms with Crippen LogP contribution in [0, 0.1) is 11.7 Å². The lowest BCUT2D eigenvalue weighted by Gasteiger charge is -2.05. The average molecular weight is 277 g/mol. The second-order valence-electron chi connectivity index (χ2n) is 5.17. The fraction of sp³-hybridized carbons (Fsp3) is 0.375.